The molecule has 0 aliphatic heterocycles. The molecule has 0 heterocycles. The van der Waals surface area contributed by atoms with Crippen LogP contribution in [0.1, 0.15) is 52.9 Å². The fourth-order valence-electron chi connectivity index (χ4n) is 1.63. The molecule has 0 saturated carbocycles. The molecule has 0 radical (unpaired) electrons. The first-order valence-corrected chi connectivity index (χ1v) is 5.10. The second kappa shape index (κ2) is 7.15. The first-order chi connectivity index (χ1) is 5.79. The Bertz CT molecular complexity index is 145. The Morgan fingerprint density at radius 3 is 1.83 bits per heavy atom. The van der Waals surface area contributed by atoms with E-state index in [2.05, 4.69) is 27.4 Å². The summed E-state index contributed by atoms with van der Waals surface area (Å²) in [7, 11) is 0. The van der Waals surface area contributed by atoms with Crippen LogP contribution < -0.4 is 0 Å². The maximum atomic E-state index is 3.76. The van der Waals surface area contributed by atoms with Crippen LogP contribution in [0.5, 0.6) is 0 Å². The molecule has 0 heteroatoms. The van der Waals surface area contributed by atoms with Crippen molar-refractivity contribution in [3.8, 4) is 0 Å². The summed E-state index contributed by atoms with van der Waals surface area (Å²) in [5, 5.41) is 0. The summed E-state index contributed by atoms with van der Waals surface area (Å²) < 4.78 is 0. The van der Waals surface area contributed by atoms with E-state index >= 15 is 0 Å². The van der Waals surface area contributed by atoms with Crippen LogP contribution in [0.2, 0.25) is 0 Å². The number of allylic oxidation sites excluding steroid dienone is 3. The summed E-state index contributed by atoms with van der Waals surface area (Å²) in [5.74, 6) is 0. The predicted octanol–water partition coefficient (Wildman–Crippen LogP) is 4.48. The van der Waals surface area contributed by atoms with Gasteiger partial charge in [0.15, 0.2) is 0 Å². The monoisotopic (exact) mass is 166 g/mol. The van der Waals surface area contributed by atoms with Crippen molar-refractivity contribution in [3.63, 3.8) is 0 Å². The van der Waals surface area contributed by atoms with E-state index in [1.807, 2.05) is 6.08 Å². The summed E-state index contributed by atoms with van der Waals surface area (Å²) >= 11 is 0. The second-order valence-electron chi connectivity index (χ2n) is 3.10. The van der Waals surface area contributed by atoms with E-state index in [-0.39, 0.29) is 0 Å². The normalized spacial score (nSPS) is 9.58. The van der Waals surface area contributed by atoms with Crippen molar-refractivity contribution in [3.05, 3.63) is 23.8 Å². The Kier molecular flexibility index (Phi) is 6.84. The molecular weight excluding hydrogens is 144 g/mol. The molecule has 0 amide bonds. The van der Waals surface area contributed by atoms with Gasteiger partial charge in [-0.3, -0.25) is 0 Å². The molecular formula is C12H22. The third-order valence-electron chi connectivity index (χ3n) is 2.43. The molecule has 0 aromatic carbocycles. The van der Waals surface area contributed by atoms with E-state index in [9.17, 15) is 0 Å². The zero-order valence-corrected chi connectivity index (χ0v) is 8.82. The van der Waals surface area contributed by atoms with Crippen LogP contribution >= 0.6 is 0 Å². The van der Waals surface area contributed by atoms with Crippen LogP contribution in [0.3, 0.4) is 0 Å². The maximum Gasteiger partial charge on any atom is -0.0283 e. The quantitative estimate of drug-likeness (QED) is 0.510. The van der Waals surface area contributed by atoms with E-state index in [0.29, 0.717) is 0 Å². The van der Waals surface area contributed by atoms with E-state index < -0.39 is 0 Å². The van der Waals surface area contributed by atoms with E-state index in [1.54, 1.807) is 11.1 Å². The van der Waals surface area contributed by atoms with E-state index in [1.165, 1.54) is 25.7 Å². The predicted molar refractivity (Wildman–Crippen MR) is 57.3 cm³/mol. The van der Waals surface area contributed by atoms with Gasteiger partial charge >= 0.3 is 0 Å². The topological polar surface area (TPSA) is 0 Å². The fraction of sp³-hybridized carbons (Fsp3) is 0.667. The Morgan fingerprint density at radius 1 is 1.00 bits per heavy atom. The van der Waals surface area contributed by atoms with Crippen LogP contribution in [-0.4, -0.2) is 0 Å². The molecule has 0 N–H and O–H groups in total. The minimum atomic E-state index is 1.13. The van der Waals surface area contributed by atoms with Gasteiger partial charge in [-0.05, 0) is 32.1 Å². The molecule has 0 aliphatic carbocycles. The van der Waals surface area contributed by atoms with Gasteiger partial charge in [0.2, 0.25) is 0 Å². The van der Waals surface area contributed by atoms with Crippen LogP contribution in [0, 0.1) is 0 Å². The Labute approximate surface area is 77.4 Å². The van der Waals surface area contributed by atoms with Gasteiger partial charge in [-0.1, -0.05) is 38.0 Å². The summed E-state index contributed by atoms with van der Waals surface area (Å²) in [6.45, 7) is 10.5. The number of hydrogen-bond acceptors (Lipinski definition) is 0. The van der Waals surface area contributed by atoms with Gasteiger partial charge < -0.3 is 0 Å². The van der Waals surface area contributed by atoms with Crippen molar-refractivity contribution in [1.82, 2.24) is 0 Å². The van der Waals surface area contributed by atoms with Crippen molar-refractivity contribution in [2.24, 2.45) is 0 Å². The van der Waals surface area contributed by atoms with Gasteiger partial charge in [-0.25, -0.2) is 0 Å². The average molecular weight is 166 g/mol. The highest BCUT2D eigenvalue weighted by atomic mass is 14.1. The Hall–Kier alpha value is -0.520. The molecule has 0 rings (SSSR count). The first-order valence-electron chi connectivity index (χ1n) is 5.10. The van der Waals surface area contributed by atoms with Gasteiger partial charge in [0.25, 0.3) is 0 Å². The van der Waals surface area contributed by atoms with Gasteiger partial charge in [-0.2, -0.15) is 0 Å². The molecule has 0 aliphatic rings. The van der Waals surface area contributed by atoms with Crippen LogP contribution in [0.4, 0.5) is 0 Å². The summed E-state index contributed by atoms with van der Waals surface area (Å²) in [4.78, 5) is 0. The second-order valence-corrected chi connectivity index (χ2v) is 3.10. The molecule has 0 aromatic rings. The van der Waals surface area contributed by atoms with Crippen molar-refractivity contribution in [2.45, 2.75) is 52.9 Å². The molecule has 0 atom stereocenters. The third-order valence-corrected chi connectivity index (χ3v) is 2.43. The van der Waals surface area contributed by atoms with Gasteiger partial charge in [0.1, 0.15) is 0 Å². The summed E-state index contributed by atoms with van der Waals surface area (Å²) in [6, 6.07) is 0. The minimum absolute atomic E-state index is 1.13. The molecule has 0 aromatic heterocycles. The van der Waals surface area contributed by atoms with Crippen molar-refractivity contribution in [1.29, 1.82) is 0 Å². The number of hydrogen-bond donors (Lipinski definition) is 0. The summed E-state index contributed by atoms with van der Waals surface area (Å²) in [6.07, 6.45) is 8.01. The number of rotatable bonds is 6. The van der Waals surface area contributed by atoms with Gasteiger partial charge in [0.05, 0.1) is 0 Å². The average Bonchev–Trinajstić information content (AvgIpc) is 2.12. The fourth-order valence-corrected chi connectivity index (χ4v) is 1.63. The van der Waals surface area contributed by atoms with E-state index in [0.717, 1.165) is 6.42 Å². The van der Waals surface area contributed by atoms with Crippen LogP contribution in [0.25, 0.3) is 0 Å². The van der Waals surface area contributed by atoms with E-state index in [4.69, 9.17) is 0 Å². The highest BCUT2D eigenvalue weighted by Crippen LogP contribution is 2.20. The van der Waals surface area contributed by atoms with Crippen molar-refractivity contribution < 1.29 is 0 Å². The lowest BCUT2D eigenvalue weighted by atomic mass is 9.97. The first kappa shape index (κ1) is 11.5. The van der Waals surface area contributed by atoms with Crippen LogP contribution in [0.15, 0.2) is 23.8 Å². The lowest BCUT2D eigenvalue weighted by Crippen LogP contribution is -1.89. The zero-order valence-electron chi connectivity index (χ0n) is 8.82. The van der Waals surface area contributed by atoms with Crippen molar-refractivity contribution >= 4 is 0 Å². The molecule has 0 spiro atoms. The molecule has 70 valence electrons. The Balaban J connectivity index is 4.23. The Morgan fingerprint density at radius 2 is 1.50 bits per heavy atom. The SMILES string of the molecule is C=CCCC(CC)=C(CC)CC. The lowest BCUT2D eigenvalue weighted by Gasteiger charge is -2.09. The highest BCUT2D eigenvalue weighted by Gasteiger charge is 1.99. The third kappa shape index (κ3) is 3.75. The molecule has 0 saturated heterocycles. The zero-order chi connectivity index (χ0) is 9.40. The van der Waals surface area contributed by atoms with Crippen molar-refractivity contribution in [2.75, 3.05) is 0 Å². The van der Waals surface area contributed by atoms with Gasteiger partial charge in [0, 0.05) is 0 Å². The summed E-state index contributed by atoms with van der Waals surface area (Å²) in [5.41, 5.74) is 3.30. The smallest absolute Gasteiger partial charge is 0.0283 e. The lowest BCUT2D eigenvalue weighted by molar-refractivity contribution is 0.834. The minimum Gasteiger partial charge on any atom is -0.103 e. The molecule has 0 unspecified atom stereocenters. The molecule has 0 bridgehead atoms. The highest BCUT2D eigenvalue weighted by molar-refractivity contribution is 5.13. The molecule has 0 fully saturated rings. The maximum absolute atomic E-state index is 3.76. The van der Waals surface area contributed by atoms with Gasteiger partial charge in [-0.15, -0.1) is 6.58 Å². The molecule has 12 heavy (non-hydrogen) atoms. The molecule has 0 nitrogen and oxygen atoms in total. The van der Waals surface area contributed by atoms with Crippen LogP contribution in [-0.2, 0) is 0 Å². The standard InChI is InChI=1S/C12H22/c1-5-9-10-12(8-4)11(6-2)7-3/h5H,1,6-10H2,2-4H3. The largest absolute Gasteiger partial charge is 0.103 e.